The summed E-state index contributed by atoms with van der Waals surface area (Å²) >= 11 is 1.82. The zero-order valence-corrected chi connectivity index (χ0v) is 46.4. The molecule has 70 heavy (non-hydrogen) atoms. The third kappa shape index (κ3) is 8.20. The van der Waals surface area contributed by atoms with Gasteiger partial charge in [0.25, 0.3) is 6.71 Å². The summed E-state index contributed by atoms with van der Waals surface area (Å²) in [4.78, 5) is 11.1. The van der Waals surface area contributed by atoms with Crippen LogP contribution in [0.4, 0.5) is 33.4 Å². The van der Waals surface area contributed by atoms with Crippen molar-refractivity contribution in [2.75, 3.05) is 9.80 Å². The number of hydrogen-bond acceptors (Lipinski definition) is 5. The molecule has 0 saturated carbocycles. The molecule has 6 heteroatoms. The van der Waals surface area contributed by atoms with Crippen molar-refractivity contribution < 1.29 is 4.42 Å². The van der Waals surface area contributed by atoms with Crippen LogP contribution in [0.3, 0.4) is 0 Å². The van der Waals surface area contributed by atoms with Crippen molar-refractivity contribution in [1.82, 2.24) is 4.98 Å². The van der Waals surface area contributed by atoms with Crippen LogP contribution < -0.4 is 26.3 Å². The van der Waals surface area contributed by atoms with Crippen molar-refractivity contribution in [3.63, 3.8) is 0 Å². The molecule has 6 aromatic carbocycles. The topological polar surface area (TPSA) is 32.5 Å². The summed E-state index contributed by atoms with van der Waals surface area (Å²) in [5.41, 5.74) is 21.5. The minimum Gasteiger partial charge on any atom is -0.456 e. The van der Waals surface area contributed by atoms with Gasteiger partial charge in [-0.2, -0.15) is 0 Å². The predicted molar refractivity (Wildman–Crippen MR) is 306 cm³/mol. The summed E-state index contributed by atoms with van der Waals surface area (Å²) in [6, 6.07) is 40.3. The standard InChI is InChI=1S/C64H74BN3OS/c1-37-26-51-55-52(27-37)68(46-33-43(63(14,15)16)30-44(34-46)64(17,18)19)58-56(66-57(70-58)38-20-24-53-47(28-38)48-35-39(59(2,3)4)22-25-54(48)69-53)65(55)49-36-40(60(5,6)7)21-23-50(49)67(51)45-31-41(61(8,9)10)29-42(32-45)62(11,12)13/h20-36H,1-19H3. The molecule has 4 nitrogen and oxygen atoms in total. The van der Waals surface area contributed by atoms with Gasteiger partial charge < -0.3 is 14.2 Å². The quantitative estimate of drug-likeness (QED) is 0.165. The highest BCUT2D eigenvalue weighted by molar-refractivity contribution is 7.22. The molecule has 2 aliphatic heterocycles. The molecule has 0 radical (unpaired) electrons. The molecule has 10 rings (SSSR count). The molecule has 0 saturated heterocycles. The first-order valence-electron chi connectivity index (χ1n) is 25.6. The molecule has 0 fully saturated rings. The number of aromatic nitrogens is 1. The number of nitrogens with zero attached hydrogens (tertiary/aromatic N) is 3. The highest BCUT2D eigenvalue weighted by atomic mass is 32.1. The van der Waals surface area contributed by atoms with E-state index in [1.807, 2.05) is 11.3 Å². The lowest BCUT2D eigenvalue weighted by Gasteiger charge is -2.44. The Labute approximate surface area is 423 Å². The van der Waals surface area contributed by atoms with E-state index in [9.17, 15) is 0 Å². The van der Waals surface area contributed by atoms with Gasteiger partial charge in [-0.05, 0) is 162 Å². The van der Waals surface area contributed by atoms with Gasteiger partial charge in [-0.3, -0.25) is 0 Å². The SMILES string of the molecule is Cc1cc2c3c(c1)N(c1cc(C(C)(C)C)cc(C(C)(C)C)c1)c1sc(-c4ccc5oc6ccc(C(C)(C)C)cc6c5c4)nc1B3c1cc(C(C)(C)C)ccc1N2c1cc(C(C)(C)C)cc(C(C)(C)C)c1. The van der Waals surface area contributed by atoms with Crippen molar-refractivity contribution >= 4 is 89.9 Å². The summed E-state index contributed by atoms with van der Waals surface area (Å²) < 4.78 is 6.50. The van der Waals surface area contributed by atoms with Crippen LogP contribution in [0.25, 0.3) is 32.5 Å². The summed E-state index contributed by atoms with van der Waals surface area (Å²) in [6.45, 7) is 44.1. The second-order valence-electron chi connectivity index (χ2n) is 26.9. The molecule has 0 bridgehead atoms. The van der Waals surface area contributed by atoms with Crippen molar-refractivity contribution in [3.05, 3.63) is 142 Å². The van der Waals surface area contributed by atoms with Crippen LogP contribution >= 0.6 is 11.3 Å². The fourth-order valence-electron chi connectivity index (χ4n) is 10.5. The Morgan fingerprint density at radius 2 is 0.886 bits per heavy atom. The van der Waals surface area contributed by atoms with Crippen LogP contribution in [-0.4, -0.2) is 11.7 Å². The van der Waals surface area contributed by atoms with Crippen LogP contribution in [-0.2, 0) is 32.5 Å². The number of aryl methyl sites for hydroxylation is 1. The average Bonchev–Trinajstić information content (AvgIpc) is 3.85. The smallest absolute Gasteiger partial charge is 0.276 e. The zero-order chi connectivity index (χ0) is 50.6. The Morgan fingerprint density at radius 3 is 1.40 bits per heavy atom. The summed E-state index contributed by atoms with van der Waals surface area (Å²) in [5, 5.41) is 4.45. The normalized spacial score (nSPS) is 14.4. The maximum Gasteiger partial charge on any atom is 0.276 e. The number of rotatable bonds is 3. The summed E-state index contributed by atoms with van der Waals surface area (Å²) in [6.07, 6.45) is 0. The molecular weight excluding hydrogens is 870 g/mol. The maximum absolute atomic E-state index is 6.50. The number of furan rings is 1. The third-order valence-corrected chi connectivity index (χ3v) is 16.1. The molecule has 2 aromatic heterocycles. The average molecular weight is 944 g/mol. The Kier molecular flexibility index (Phi) is 10.8. The molecule has 360 valence electrons. The first-order valence-corrected chi connectivity index (χ1v) is 26.4. The Hall–Kier alpha value is -5.59. The van der Waals surface area contributed by atoms with Gasteiger partial charge in [0.05, 0.1) is 5.59 Å². The van der Waals surface area contributed by atoms with Crippen LogP contribution in [0.5, 0.6) is 0 Å². The lowest BCUT2D eigenvalue weighted by atomic mass is 9.35. The lowest BCUT2D eigenvalue weighted by Crippen LogP contribution is -2.61. The van der Waals surface area contributed by atoms with Gasteiger partial charge in [0.1, 0.15) is 21.2 Å². The fourth-order valence-corrected chi connectivity index (χ4v) is 11.6. The molecular formula is C64H74BN3OS. The van der Waals surface area contributed by atoms with Crippen LogP contribution in [0.1, 0.15) is 164 Å². The Morgan fingerprint density at radius 1 is 0.443 bits per heavy atom. The Balaban J connectivity index is 1.31. The number of thiazole rings is 1. The van der Waals surface area contributed by atoms with Crippen LogP contribution in [0.2, 0.25) is 0 Å². The van der Waals surface area contributed by atoms with E-state index in [-0.39, 0.29) is 39.2 Å². The summed E-state index contributed by atoms with van der Waals surface area (Å²) in [5.74, 6) is 0. The monoisotopic (exact) mass is 944 g/mol. The molecule has 0 N–H and O–H groups in total. The van der Waals surface area contributed by atoms with Crippen LogP contribution in [0.15, 0.2) is 108 Å². The van der Waals surface area contributed by atoms with E-state index >= 15 is 0 Å². The number of benzene rings is 6. The van der Waals surface area contributed by atoms with Crippen molar-refractivity contribution in [2.24, 2.45) is 0 Å². The van der Waals surface area contributed by atoms with E-state index in [0.717, 1.165) is 38.1 Å². The van der Waals surface area contributed by atoms with Gasteiger partial charge in [0.2, 0.25) is 0 Å². The zero-order valence-electron chi connectivity index (χ0n) is 45.6. The second kappa shape index (κ2) is 15.7. The molecule has 0 aliphatic carbocycles. The number of fused-ring (bicyclic) bond motifs is 7. The molecule has 0 atom stereocenters. The van der Waals surface area contributed by atoms with E-state index in [0.29, 0.717) is 0 Å². The van der Waals surface area contributed by atoms with Gasteiger partial charge in [0, 0.05) is 44.8 Å². The van der Waals surface area contributed by atoms with E-state index in [2.05, 4.69) is 244 Å². The van der Waals surface area contributed by atoms with E-state index in [1.54, 1.807) is 0 Å². The van der Waals surface area contributed by atoms with E-state index < -0.39 is 0 Å². The minimum atomic E-state index is -0.107. The minimum absolute atomic E-state index is 0.0135. The molecule has 4 heterocycles. The largest absolute Gasteiger partial charge is 0.456 e. The summed E-state index contributed by atoms with van der Waals surface area (Å²) in [7, 11) is 0. The predicted octanol–water partition coefficient (Wildman–Crippen LogP) is 16.9. The van der Waals surface area contributed by atoms with Gasteiger partial charge in [-0.25, -0.2) is 4.98 Å². The van der Waals surface area contributed by atoms with E-state index in [1.165, 1.54) is 83.3 Å². The fraction of sp³-hybridized carbons (Fsp3) is 0.391. The third-order valence-electron chi connectivity index (χ3n) is 15.0. The van der Waals surface area contributed by atoms with Gasteiger partial charge in [0.15, 0.2) is 0 Å². The highest BCUT2D eigenvalue weighted by Crippen LogP contribution is 2.50. The van der Waals surface area contributed by atoms with Crippen molar-refractivity contribution in [3.8, 4) is 10.6 Å². The van der Waals surface area contributed by atoms with Gasteiger partial charge in [-0.1, -0.05) is 166 Å². The number of anilines is 6. The van der Waals surface area contributed by atoms with Crippen LogP contribution in [0, 0.1) is 6.92 Å². The second-order valence-corrected chi connectivity index (χ2v) is 27.8. The molecule has 8 aromatic rings. The first kappa shape index (κ1) is 48.1. The first-order chi connectivity index (χ1) is 32.4. The Bertz CT molecular complexity index is 3350. The molecule has 0 spiro atoms. The highest BCUT2D eigenvalue weighted by Gasteiger charge is 2.47. The van der Waals surface area contributed by atoms with Crippen molar-refractivity contribution in [1.29, 1.82) is 0 Å². The lowest BCUT2D eigenvalue weighted by molar-refractivity contribution is 0.568. The van der Waals surface area contributed by atoms with E-state index in [4.69, 9.17) is 9.40 Å². The van der Waals surface area contributed by atoms with Crippen molar-refractivity contribution in [2.45, 2.75) is 164 Å². The molecule has 0 amide bonds. The maximum atomic E-state index is 6.50. The molecule has 2 aliphatic rings. The molecule has 0 unspecified atom stereocenters. The van der Waals surface area contributed by atoms with Gasteiger partial charge in [-0.15, -0.1) is 0 Å². The van der Waals surface area contributed by atoms with Gasteiger partial charge >= 0.3 is 0 Å². The number of hydrogen-bond donors (Lipinski definition) is 0.